The molecule has 0 unspecified atom stereocenters. The number of aryl methyl sites for hydroxylation is 1. The Balaban J connectivity index is 2.89. The van der Waals surface area contributed by atoms with Gasteiger partial charge in [-0.05, 0) is 19.1 Å². The van der Waals surface area contributed by atoms with Crippen LogP contribution in [0.4, 0.5) is 0 Å². The van der Waals surface area contributed by atoms with Gasteiger partial charge >= 0.3 is 0 Å². The standard InChI is InChI=1S/C10H14N2O/c1-8-6-5-7-10(11-8)9(2)12(3)13-4/h5-7H,2H2,1,3-4H3. The van der Waals surface area contributed by atoms with Crippen molar-refractivity contribution in [3.8, 4) is 0 Å². The van der Waals surface area contributed by atoms with Crippen molar-refractivity contribution in [1.82, 2.24) is 10.0 Å². The zero-order chi connectivity index (χ0) is 9.84. The van der Waals surface area contributed by atoms with Crippen molar-refractivity contribution in [2.75, 3.05) is 14.2 Å². The summed E-state index contributed by atoms with van der Waals surface area (Å²) in [5, 5.41) is 1.59. The minimum atomic E-state index is 0.756. The van der Waals surface area contributed by atoms with Crippen LogP contribution in [0.2, 0.25) is 0 Å². The molecule has 1 rings (SSSR count). The quantitative estimate of drug-likeness (QED) is 0.660. The highest BCUT2D eigenvalue weighted by Gasteiger charge is 2.04. The molecule has 0 radical (unpaired) electrons. The second-order valence-electron chi connectivity index (χ2n) is 2.79. The van der Waals surface area contributed by atoms with Crippen molar-refractivity contribution in [3.63, 3.8) is 0 Å². The summed E-state index contributed by atoms with van der Waals surface area (Å²) in [6, 6.07) is 5.81. The molecule has 3 heteroatoms. The molecule has 3 nitrogen and oxygen atoms in total. The first kappa shape index (κ1) is 9.74. The average Bonchev–Trinajstić information content (AvgIpc) is 2.15. The Hall–Kier alpha value is -1.35. The maximum absolute atomic E-state index is 5.00. The van der Waals surface area contributed by atoms with Crippen LogP contribution >= 0.6 is 0 Å². The third kappa shape index (κ3) is 2.29. The van der Waals surface area contributed by atoms with Gasteiger partial charge in [0.15, 0.2) is 0 Å². The van der Waals surface area contributed by atoms with Crippen LogP contribution in [0.25, 0.3) is 5.70 Å². The topological polar surface area (TPSA) is 25.4 Å². The van der Waals surface area contributed by atoms with Crippen molar-refractivity contribution in [1.29, 1.82) is 0 Å². The monoisotopic (exact) mass is 178 g/mol. The molecule has 13 heavy (non-hydrogen) atoms. The zero-order valence-electron chi connectivity index (χ0n) is 8.24. The lowest BCUT2D eigenvalue weighted by atomic mass is 10.2. The molecule has 0 aromatic carbocycles. The fourth-order valence-electron chi connectivity index (χ4n) is 0.975. The molecular weight excluding hydrogens is 164 g/mol. The number of hydrogen-bond donors (Lipinski definition) is 0. The first-order chi connectivity index (χ1) is 6.15. The maximum atomic E-state index is 5.00. The van der Waals surface area contributed by atoms with E-state index in [0.29, 0.717) is 0 Å². The molecule has 0 aliphatic heterocycles. The van der Waals surface area contributed by atoms with Gasteiger partial charge in [0.1, 0.15) is 0 Å². The predicted octanol–water partition coefficient (Wildman–Crippen LogP) is 1.85. The molecule has 0 fully saturated rings. The Morgan fingerprint density at radius 1 is 1.54 bits per heavy atom. The molecule has 0 atom stereocenters. The molecule has 0 N–H and O–H groups in total. The number of nitrogens with zero attached hydrogens (tertiary/aromatic N) is 2. The highest BCUT2D eigenvalue weighted by molar-refractivity contribution is 5.57. The number of rotatable bonds is 3. The van der Waals surface area contributed by atoms with Crippen LogP contribution in [0.15, 0.2) is 24.8 Å². The molecule has 0 bridgehead atoms. The lowest BCUT2D eigenvalue weighted by molar-refractivity contribution is -0.0527. The largest absolute Gasteiger partial charge is 0.277 e. The number of aromatic nitrogens is 1. The third-order valence-electron chi connectivity index (χ3n) is 1.84. The van der Waals surface area contributed by atoms with Crippen LogP contribution in [0.3, 0.4) is 0 Å². The molecule has 1 aromatic heterocycles. The summed E-state index contributed by atoms with van der Waals surface area (Å²) in [7, 11) is 3.40. The second kappa shape index (κ2) is 4.05. The lowest BCUT2D eigenvalue weighted by Gasteiger charge is -2.17. The first-order valence-electron chi connectivity index (χ1n) is 4.06. The summed E-state index contributed by atoms with van der Waals surface area (Å²) >= 11 is 0. The Morgan fingerprint density at radius 3 is 2.77 bits per heavy atom. The van der Waals surface area contributed by atoms with Crippen LogP contribution < -0.4 is 0 Å². The van der Waals surface area contributed by atoms with Crippen molar-refractivity contribution in [3.05, 3.63) is 36.2 Å². The summed E-state index contributed by atoms with van der Waals surface area (Å²) in [6.45, 7) is 5.82. The van der Waals surface area contributed by atoms with E-state index in [0.717, 1.165) is 17.1 Å². The summed E-state index contributed by atoms with van der Waals surface area (Å²) in [6.07, 6.45) is 0. The van der Waals surface area contributed by atoms with E-state index in [4.69, 9.17) is 4.84 Å². The van der Waals surface area contributed by atoms with Gasteiger partial charge < -0.3 is 0 Å². The van der Waals surface area contributed by atoms with Gasteiger partial charge in [0.05, 0.1) is 18.5 Å². The van der Waals surface area contributed by atoms with Gasteiger partial charge in [0, 0.05) is 12.7 Å². The van der Waals surface area contributed by atoms with Crippen LogP contribution in [0.5, 0.6) is 0 Å². The van der Waals surface area contributed by atoms with Crippen molar-refractivity contribution in [2.24, 2.45) is 0 Å². The summed E-state index contributed by atoms with van der Waals surface area (Å²) in [5.74, 6) is 0. The van der Waals surface area contributed by atoms with Crippen LogP contribution in [0, 0.1) is 6.92 Å². The van der Waals surface area contributed by atoms with E-state index in [1.54, 1.807) is 19.2 Å². The van der Waals surface area contributed by atoms with Gasteiger partial charge in [-0.1, -0.05) is 12.6 Å². The lowest BCUT2D eigenvalue weighted by Crippen LogP contribution is -2.14. The average molecular weight is 178 g/mol. The molecule has 1 heterocycles. The summed E-state index contributed by atoms with van der Waals surface area (Å²) in [5.41, 5.74) is 2.57. The Kier molecular flexibility index (Phi) is 3.03. The van der Waals surface area contributed by atoms with Crippen molar-refractivity contribution < 1.29 is 4.84 Å². The van der Waals surface area contributed by atoms with Gasteiger partial charge in [-0.2, -0.15) is 0 Å². The Bertz CT molecular complexity index is 310. The van der Waals surface area contributed by atoms with Gasteiger partial charge in [-0.3, -0.25) is 14.9 Å². The molecule has 0 saturated carbocycles. The molecule has 70 valence electrons. The fraction of sp³-hybridized carbons (Fsp3) is 0.300. The van der Waals surface area contributed by atoms with Gasteiger partial charge in [-0.25, -0.2) is 0 Å². The number of hydrogen-bond acceptors (Lipinski definition) is 3. The predicted molar refractivity (Wildman–Crippen MR) is 52.8 cm³/mol. The minimum absolute atomic E-state index is 0.756. The molecule has 0 saturated heterocycles. The van der Waals surface area contributed by atoms with E-state index in [9.17, 15) is 0 Å². The first-order valence-corrected chi connectivity index (χ1v) is 4.06. The normalized spacial score (nSPS) is 9.77. The zero-order valence-corrected chi connectivity index (χ0v) is 8.24. The van der Waals surface area contributed by atoms with Crippen molar-refractivity contribution in [2.45, 2.75) is 6.92 Å². The second-order valence-corrected chi connectivity index (χ2v) is 2.79. The smallest absolute Gasteiger partial charge is 0.0883 e. The van der Waals surface area contributed by atoms with Gasteiger partial charge in [-0.15, -0.1) is 0 Å². The summed E-state index contributed by atoms with van der Waals surface area (Å²) in [4.78, 5) is 9.32. The van der Waals surface area contributed by atoms with E-state index >= 15 is 0 Å². The van der Waals surface area contributed by atoms with E-state index in [1.165, 1.54) is 0 Å². The van der Waals surface area contributed by atoms with E-state index in [1.807, 2.05) is 25.1 Å². The molecule has 0 spiro atoms. The number of hydroxylamine groups is 2. The molecule has 0 aliphatic carbocycles. The Labute approximate surface area is 78.6 Å². The van der Waals surface area contributed by atoms with Crippen molar-refractivity contribution >= 4 is 5.70 Å². The maximum Gasteiger partial charge on any atom is 0.0883 e. The minimum Gasteiger partial charge on any atom is -0.277 e. The fourth-order valence-corrected chi connectivity index (χ4v) is 0.975. The molecule has 0 aliphatic rings. The van der Waals surface area contributed by atoms with E-state index in [-0.39, 0.29) is 0 Å². The highest BCUT2D eigenvalue weighted by Crippen LogP contribution is 2.12. The highest BCUT2D eigenvalue weighted by atomic mass is 16.7. The van der Waals surface area contributed by atoms with Crippen LogP contribution in [-0.2, 0) is 4.84 Å². The van der Waals surface area contributed by atoms with E-state index < -0.39 is 0 Å². The van der Waals surface area contributed by atoms with Crippen LogP contribution in [0.1, 0.15) is 11.4 Å². The number of pyridine rings is 1. The third-order valence-corrected chi connectivity index (χ3v) is 1.84. The molecular formula is C10H14N2O. The van der Waals surface area contributed by atoms with E-state index in [2.05, 4.69) is 11.6 Å². The van der Waals surface area contributed by atoms with Crippen LogP contribution in [-0.4, -0.2) is 24.2 Å². The Morgan fingerprint density at radius 2 is 2.23 bits per heavy atom. The molecule has 1 aromatic rings. The van der Waals surface area contributed by atoms with Gasteiger partial charge in [0.2, 0.25) is 0 Å². The summed E-state index contributed by atoms with van der Waals surface area (Å²) < 4.78 is 0. The SMILES string of the molecule is C=C(c1cccc(C)n1)N(C)OC. The van der Waals surface area contributed by atoms with Gasteiger partial charge in [0.25, 0.3) is 0 Å². The molecule has 0 amide bonds.